The summed E-state index contributed by atoms with van der Waals surface area (Å²) >= 11 is 19.0. The second-order valence-electron chi connectivity index (χ2n) is 7.47. The maximum Gasteiger partial charge on any atom is 0.270 e. The van der Waals surface area contributed by atoms with E-state index in [1.54, 1.807) is 30.3 Å². The van der Waals surface area contributed by atoms with E-state index in [-0.39, 0.29) is 11.7 Å². The quantitative estimate of drug-likeness (QED) is 0.208. The van der Waals surface area contributed by atoms with Gasteiger partial charge in [-0.25, -0.2) is 4.39 Å². The first-order valence-corrected chi connectivity index (χ1v) is 11.9. The van der Waals surface area contributed by atoms with Gasteiger partial charge in [0.15, 0.2) is 4.32 Å². The van der Waals surface area contributed by atoms with Crippen molar-refractivity contribution < 1.29 is 9.18 Å². The second-order valence-corrected chi connectivity index (χ2v) is 9.99. The topological polar surface area (TPSA) is 25.2 Å². The number of hydrogen-bond donors (Lipinski definition) is 0. The lowest BCUT2D eigenvalue weighted by Crippen LogP contribution is -2.27. The molecule has 0 spiro atoms. The molecule has 1 aromatic heterocycles. The molecule has 3 nitrogen and oxygen atoms in total. The fourth-order valence-corrected chi connectivity index (χ4v) is 5.56. The van der Waals surface area contributed by atoms with E-state index in [9.17, 15) is 9.18 Å². The summed E-state index contributed by atoms with van der Waals surface area (Å²) in [5, 5.41) is 1.85. The van der Waals surface area contributed by atoms with E-state index in [1.807, 2.05) is 36.5 Å². The molecule has 33 heavy (non-hydrogen) atoms. The van der Waals surface area contributed by atoms with Gasteiger partial charge in [0.05, 0.1) is 15.6 Å². The van der Waals surface area contributed by atoms with Crippen molar-refractivity contribution in [3.8, 4) is 0 Å². The molecule has 0 N–H and O–H groups in total. The van der Waals surface area contributed by atoms with Crippen molar-refractivity contribution >= 4 is 80.1 Å². The molecule has 5 rings (SSSR count). The van der Waals surface area contributed by atoms with Crippen LogP contribution in [0.4, 0.5) is 10.1 Å². The summed E-state index contributed by atoms with van der Waals surface area (Å²) in [7, 11) is 0. The van der Waals surface area contributed by atoms with E-state index in [4.69, 9.17) is 35.4 Å². The van der Waals surface area contributed by atoms with Gasteiger partial charge in [-0.05, 0) is 48.0 Å². The minimum Gasteiger partial charge on any atom is -0.342 e. The summed E-state index contributed by atoms with van der Waals surface area (Å²) in [6.07, 6.45) is 3.85. The lowest BCUT2D eigenvalue weighted by atomic mass is 10.1. The maximum atomic E-state index is 13.3. The summed E-state index contributed by atoms with van der Waals surface area (Å²) in [4.78, 5) is 15.2. The molecule has 1 saturated heterocycles. The summed E-state index contributed by atoms with van der Waals surface area (Å²) < 4.78 is 15.8. The van der Waals surface area contributed by atoms with Gasteiger partial charge in [-0.1, -0.05) is 77.5 Å². The summed E-state index contributed by atoms with van der Waals surface area (Å²) in [6.45, 7) is 0.579. The zero-order valence-corrected chi connectivity index (χ0v) is 20.1. The number of nitrogens with zero attached hydrogens (tertiary/aromatic N) is 2. The van der Waals surface area contributed by atoms with E-state index in [0.29, 0.717) is 31.5 Å². The van der Waals surface area contributed by atoms with Crippen molar-refractivity contribution in [3.05, 3.63) is 105 Å². The van der Waals surface area contributed by atoms with Crippen LogP contribution in [0.5, 0.6) is 0 Å². The smallest absolute Gasteiger partial charge is 0.270 e. The third kappa shape index (κ3) is 4.32. The Kier molecular flexibility index (Phi) is 6.01. The first-order valence-electron chi connectivity index (χ1n) is 9.96. The summed E-state index contributed by atoms with van der Waals surface area (Å²) in [5.41, 5.74) is 3.40. The monoisotopic (exact) mass is 512 g/mol. The van der Waals surface area contributed by atoms with Crippen molar-refractivity contribution in [2.24, 2.45) is 0 Å². The highest BCUT2D eigenvalue weighted by molar-refractivity contribution is 8.27. The van der Waals surface area contributed by atoms with Gasteiger partial charge in [-0.15, -0.1) is 0 Å². The molecule has 1 aliphatic heterocycles. The van der Waals surface area contributed by atoms with E-state index < -0.39 is 0 Å². The predicted octanol–water partition coefficient (Wildman–Crippen LogP) is 7.54. The number of aromatic nitrogens is 1. The van der Waals surface area contributed by atoms with Crippen LogP contribution in [0.15, 0.2) is 77.8 Å². The standard InChI is InChI=1S/C25H15Cl2FN2OS2/c26-17-7-10-22(20(27)12-17)30-24(31)23(33-25(30)32)11-16-14-29(21-4-2-1-3-19(16)21)13-15-5-8-18(28)9-6-15/h1-12,14H,13H2/b23-11+. The molecule has 0 atom stereocenters. The Labute approximate surface area is 209 Å². The molecule has 3 aromatic carbocycles. The Balaban J connectivity index is 1.52. The first kappa shape index (κ1) is 22.2. The van der Waals surface area contributed by atoms with E-state index in [1.165, 1.54) is 28.8 Å². The van der Waals surface area contributed by atoms with Crippen molar-refractivity contribution in [3.63, 3.8) is 0 Å². The molecule has 0 radical (unpaired) electrons. The van der Waals surface area contributed by atoms with Crippen LogP contribution in [0, 0.1) is 5.82 Å². The average molecular weight is 513 g/mol. The number of fused-ring (bicyclic) bond motifs is 1. The normalized spacial score (nSPS) is 15.2. The van der Waals surface area contributed by atoms with Crippen LogP contribution in [0.2, 0.25) is 10.0 Å². The number of carbonyl (C=O) groups excluding carboxylic acids is 1. The van der Waals surface area contributed by atoms with E-state index in [2.05, 4.69) is 4.57 Å². The fourth-order valence-electron chi connectivity index (χ4n) is 3.79. The number of rotatable bonds is 4. The molecule has 1 aliphatic rings. The number of para-hydroxylation sites is 1. The molecule has 1 amide bonds. The fraction of sp³-hybridized carbons (Fsp3) is 0.0400. The van der Waals surface area contributed by atoms with Crippen LogP contribution in [-0.2, 0) is 11.3 Å². The predicted molar refractivity (Wildman–Crippen MR) is 140 cm³/mol. The van der Waals surface area contributed by atoms with Gasteiger partial charge >= 0.3 is 0 Å². The molecular weight excluding hydrogens is 498 g/mol. The van der Waals surface area contributed by atoms with Crippen molar-refractivity contribution in [2.45, 2.75) is 6.54 Å². The summed E-state index contributed by atoms with van der Waals surface area (Å²) in [6, 6.07) is 19.4. The maximum absolute atomic E-state index is 13.3. The Bertz CT molecular complexity index is 1450. The van der Waals surface area contributed by atoms with Crippen LogP contribution in [0.25, 0.3) is 17.0 Å². The number of halogens is 3. The Morgan fingerprint density at radius 1 is 1.03 bits per heavy atom. The Hall–Kier alpha value is -2.64. The van der Waals surface area contributed by atoms with Gasteiger partial charge in [0, 0.05) is 34.2 Å². The van der Waals surface area contributed by atoms with E-state index in [0.717, 1.165) is 22.0 Å². The SMILES string of the molecule is O=C1/C(=C\c2cn(Cc3ccc(F)cc3)c3ccccc23)SC(=S)N1c1ccc(Cl)cc1Cl. The van der Waals surface area contributed by atoms with Crippen LogP contribution in [0.1, 0.15) is 11.1 Å². The number of benzene rings is 3. The molecule has 0 unspecified atom stereocenters. The zero-order chi connectivity index (χ0) is 23.1. The lowest BCUT2D eigenvalue weighted by Gasteiger charge is -2.16. The van der Waals surface area contributed by atoms with Crippen LogP contribution < -0.4 is 4.90 Å². The van der Waals surface area contributed by atoms with Gasteiger partial charge in [0.1, 0.15) is 5.82 Å². The molecule has 0 bridgehead atoms. The largest absolute Gasteiger partial charge is 0.342 e. The molecule has 164 valence electrons. The third-order valence-electron chi connectivity index (χ3n) is 5.32. The molecular formula is C25H15Cl2FN2OS2. The second kappa shape index (κ2) is 8.95. The lowest BCUT2D eigenvalue weighted by molar-refractivity contribution is -0.113. The average Bonchev–Trinajstić information content (AvgIpc) is 3.27. The Morgan fingerprint density at radius 2 is 1.79 bits per heavy atom. The Morgan fingerprint density at radius 3 is 2.55 bits per heavy atom. The van der Waals surface area contributed by atoms with Crippen LogP contribution in [-0.4, -0.2) is 14.8 Å². The number of thiocarbonyl (C=S) groups is 1. The van der Waals surface area contributed by atoms with Gasteiger partial charge in [0.2, 0.25) is 0 Å². The number of hydrogen-bond acceptors (Lipinski definition) is 3. The van der Waals surface area contributed by atoms with Gasteiger partial charge in [0.25, 0.3) is 5.91 Å². The van der Waals surface area contributed by atoms with Crippen LogP contribution in [0.3, 0.4) is 0 Å². The van der Waals surface area contributed by atoms with Crippen molar-refractivity contribution in [1.29, 1.82) is 0 Å². The number of amides is 1. The van der Waals surface area contributed by atoms with Crippen molar-refractivity contribution in [2.75, 3.05) is 4.90 Å². The van der Waals surface area contributed by atoms with Crippen LogP contribution >= 0.6 is 47.2 Å². The minimum atomic E-state index is -0.264. The molecule has 1 fully saturated rings. The molecule has 8 heteroatoms. The molecule has 2 heterocycles. The molecule has 4 aromatic rings. The molecule has 0 saturated carbocycles. The van der Waals surface area contributed by atoms with Gasteiger partial charge in [-0.2, -0.15) is 0 Å². The number of thioether (sulfide) groups is 1. The highest BCUT2D eigenvalue weighted by Crippen LogP contribution is 2.40. The van der Waals surface area contributed by atoms with Crippen molar-refractivity contribution in [1.82, 2.24) is 4.57 Å². The first-order chi connectivity index (χ1) is 15.9. The van der Waals surface area contributed by atoms with Gasteiger partial charge < -0.3 is 4.57 Å². The van der Waals surface area contributed by atoms with E-state index >= 15 is 0 Å². The highest BCUT2D eigenvalue weighted by Gasteiger charge is 2.34. The minimum absolute atomic E-state index is 0.232. The zero-order valence-electron chi connectivity index (χ0n) is 17.0. The van der Waals surface area contributed by atoms with Gasteiger partial charge in [-0.3, -0.25) is 9.69 Å². The summed E-state index contributed by atoms with van der Waals surface area (Å²) in [5.74, 6) is -0.496. The number of carbonyl (C=O) groups is 1. The number of anilines is 1. The third-order valence-corrected chi connectivity index (χ3v) is 7.16. The highest BCUT2D eigenvalue weighted by atomic mass is 35.5. The molecule has 0 aliphatic carbocycles.